The molecule has 1 aromatic heterocycles. The van der Waals surface area contributed by atoms with Crippen LogP contribution >= 0.6 is 0 Å². The van der Waals surface area contributed by atoms with Crippen LogP contribution in [-0.2, 0) is 11.3 Å². The Kier molecular flexibility index (Phi) is 6.30. The van der Waals surface area contributed by atoms with E-state index in [4.69, 9.17) is 10.2 Å². The molecule has 0 spiro atoms. The number of nitrogens with one attached hydrogen (secondary N) is 2. The zero-order chi connectivity index (χ0) is 14.1. The number of aliphatic carboxylic acids is 1. The number of carboxylic acid groups (broad SMARTS) is 1. The summed E-state index contributed by atoms with van der Waals surface area (Å²) in [5.74, 6) is -1.17. The molecule has 0 radical (unpaired) electrons. The molecule has 0 aliphatic carbocycles. The van der Waals surface area contributed by atoms with Crippen LogP contribution in [0.25, 0.3) is 0 Å². The number of hydrogen-bond acceptors (Lipinski definition) is 5. The fraction of sp³-hybridized carbons (Fsp3) is 0.600. The minimum absolute atomic E-state index is 0.0261. The van der Waals surface area contributed by atoms with Gasteiger partial charge in [0, 0.05) is 32.3 Å². The summed E-state index contributed by atoms with van der Waals surface area (Å²) in [6.45, 7) is 0.694. The Morgan fingerprint density at radius 1 is 1.42 bits per heavy atom. The van der Waals surface area contributed by atoms with Crippen molar-refractivity contribution in [3.05, 3.63) is 12.4 Å². The number of amides is 2. The largest absolute Gasteiger partial charge is 0.480 e. The van der Waals surface area contributed by atoms with E-state index in [1.54, 1.807) is 17.1 Å². The zero-order valence-corrected chi connectivity index (χ0v) is 10.3. The van der Waals surface area contributed by atoms with Crippen LogP contribution in [0.4, 0.5) is 4.79 Å². The minimum atomic E-state index is -1.17. The summed E-state index contributed by atoms with van der Waals surface area (Å²) in [6.07, 6.45) is 3.89. The molecule has 2 amide bonds. The first-order chi connectivity index (χ1) is 9.13. The van der Waals surface area contributed by atoms with Crippen molar-refractivity contribution < 1.29 is 19.8 Å². The lowest BCUT2D eigenvalue weighted by Crippen LogP contribution is -2.46. The summed E-state index contributed by atoms with van der Waals surface area (Å²) in [5.41, 5.74) is 0. The Bertz CT molecular complexity index is 395. The molecule has 1 rings (SSSR count). The van der Waals surface area contributed by atoms with Gasteiger partial charge in [-0.15, -0.1) is 5.10 Å². The first-order valence-corrected chi connectivity index (χ1v) is 5.85. The summed E-state index contributed by atoms with van der Waals surface area (Å²) in [5, 5.41) is 29.6. The molecule has 0 saturated carbocycles. The number of rotatable bonds is 8. The van der Waals surface area contributed by atoms with Crippen LogP contribution in [0.1, 0.15) is 12.8 Å². The molecule has 9 nitrogen and oxygen atoms in total. The molecule has 4 N–H and O–H groups in total. The smallest absolute Gasteiger partial charge is 0.326 e. The molecule has 1 aromatic rings. The van der Waals surface area contributed by atoms with E-state index in [9.17, 15) is 9.59 Å². The van der Waals surface area contributed by atoms with Gasteiger partial charge in [0.1, 0.15) is 6.04 Å². The molecule has 9 heteroatoms. The third-order valence-electron chi connectivity index (χ3n) is 2.34. The number of urea groups is 1. The lowest BCUT2D eigenvalue weighted by Gasteiger charge is -2.13. The van der Waals surface area contributed by atoms with Gasteiger partial charge >= 0.3 is 12.0 Å². The van der Waals surface area contributed by atoms with Crippen LogP contribution in [-0.4, -0.2) is 56.4 Å². The van der Waals surface area contributed by atoms with Gasteiger partial charge in [-0.1, -0.05) is 5.21 Å². The van der Waals surface area contributed by atoms with E-state index in [-0.39, 0.29) is 13.0 Å². The molecule has 1 heterocycles. The lowest BCUT2D eigenvalue weighted by molar-refractivity contribution is -0.139. The highest BCUT2D eigenvalue weighted by molar-refractivity contribution is 5.82. The van der Waals surface area contributed by atoms with Crippen LogP contribution < -0.4 is 10.6 Å². The Morgan fingerprint density at radius 3 is 2.79 bits per heavy atom. The van der Waals surface area contributed by atoms with Crippen molar-refractivity contribution in [1.29, 1.82) is 0 Å². The van der Waals surface area contributed by atoms with Gasteiger partial charge in [0.2, 0.25) is 0 Å². The van der Waals surface area contributed by atoms with E-state index < -0.39 is 18.0 Å². The third kappa shape index (κ3) is 5.82. The monoisotopic (exact) mass is 271 g/mol. The van der Waals surface area contributed by atoms with E-state index >= 15 is 0 Å². The summed E-state index contributed by atoms with van der Waals surface area (Å²) in [4.78, 5) is 22.1. The van der Waals surface area contributed by atoms with Gasteiger partial charge in [0.05, 0.1) is 6.20 Å². The highest BCUT2D eigenvalue weighted by Gasteiger charge is 2.18. The molecule has 0 saturated heterocycles. The number of aromatic nitrogens is 3. The van der Waals surface area contributed by atoms with Crippen molar-refractivity contribution in [2.45, 2.75) is 25.4 Å². The zero-order valence-electron chi connectivity index (χ0n) is 10.3. The number of carbonyl (C=O) groups is 2. The second-order valence-corrected chi connectivity index (χ2v) is 3.82. The van der Waals surface area contributed by atoms with Crippen molar-refractivity contribution >= 4 is 12.0 Å². The summed E-state index contributed by atoms with van der Waals surface area (Å²) in [6, 6.07) is -1.65. The van der Waals surface area contributed by atoms with E-state index in [2.05, 4.69) is 20.9 Å². The Morgan fingerprint density at radius 2 is 2.21 bits per heavy atom. The summed E-state index contributed by atoms with van der Waals surface area (Å²) in [7, 11) is 0. The molecular formula is C10H17N5O4. The fourth-order valence-corrected chi connectivity index (χ4v) is 1.39. The second-order valence-electron chi connectivity index (χ2n) is 3.82. The Balaban J connectivity index is 2.17. The Hall–Kier alpha value is -2.16. The predicted molar refractivity (Wildman–Crippen MR) is 64.3 cm³/mol. The van der Waals surface area contributed by atoms with Gasteiger partial charge in [-0.2, -0.15) is 0 Å². The van der Waals surface area contributed by atoms with E-state index in [1.807, 2.05) is 0 Å². The van der Waals surface area contributed by atoms with Crippen LogP contribution in [0.5, 0.6) is 0 Å². The minimum Gasteiger partial charge on any atom is -0.480 e. The number of nitrogens with zero attached hydrogens (tertiary/aromatic N) is 3. The maximum Gasteiger partial charge on any atom is 0.326 e. The van der Waals surface area contributed by atoms with Gasteiger partial charge in [-0.05, 0) is 6.42 Å². The lowest BCUT2D eigenvalue weighted by atomic mass is 10.2. The van der Waals surface area contributed by atoms with Crippen LogP contribution in [0.2, 0.25) is 0 Å². The molecule has 0 fully saturated rings. The molecule has 0 bridgehead atoms. The van der Waals surface area contributed by atoms with E-state index in [0.29, 0.717) is 19.5 Å². The average molecular weight is 271 g/mol. The summed E-state index contributed by atoms with van der Waals surface area (Å²) < 4.78 is 1.63. The van der Waals surface area contributed by atoms with Crippen LogP contribution in [0, 0.1) is 0 Å². The highest BCUT2D eigenvalue weighted by atomic mass is 16.4. The van der Waals surface area contributed by atoms with Gasteiger partial charge < -0.3 is 20.8 Å². The molecule has 106 valence electrons. The number of aryl methyl sites for hydroxylation is 1. The maximum atomic E-state index is 11.4. The van der Waals surface area contributed by atoms with Crippen LogP contribution in [0.15, 0.2) is 12.4 Å². The average Bonchev–Trinajstić information content (AvgIpc) is 2.87. The molecule has 0 aromatic carbocycles. The molecule has 0 aliphatic heterocycles. The van der Waals surface area contributed by atoms with Crippen molar-refractivity contribution in [2.24, 2.45) is 0 Å². The molecule has 19 heavy (non-hydrogen) atoms. The maximum absolute atomic E-state index is 11.4. The van der Waals surface area contributed by atoms with Gasteiger partial charge in [-0.25, -0.2) is 9.59 Å². The van der Waals surface area contributed by atoms with Crippen molar-refractivity contribution in [3.63, 3.8) is 0 Å². The fourth-order valence-electron chi connectivity index (χ4n) is 1.39. The third-order valence-corrected chi connectivity index (χ3v) is 2.34. The number of hydrogen-bond donors (Lipinski definition) is 4. The molecule has 1 atom stereocenters. The van der Waals surface area contributed by atoms with Crippen LogP contribution in [0.3, 0.4) is 0 Å². The first kappa shape index (κ1) is 14.9. The molecule has 0 unspecified atom stereocenters. The van der Waals surface area contributed by atoms with Gasteiger partial charge in [-0.3, -0.25) is 4.68 Å². The second kappa shape index (κ2) is 8.03. The topological polar surface area (TPSA) is 129 Å². The molecular weight excluding hydrogens is 254 g/mol. The van der Waals surface area contributed by atoms with Gasteiger partial charge in [0.15, 0.2) is 0 Å². The number of aliphatic hydroxyl groups excluding tert-OH is 1. The SMILES string of the molecule is O=C(NCCCn1ccnn1)N[C@H](CCO)C(=O)O. The van der Waals surface area contributed by atoms with Crippen molar-refractivity contribution in [1.82, 2.24) is 25.6 Å². The van der Waals surface area contributed by atoms with Gasteiger partial charge in [0.25, 0.3) is 0 Å². The number of carbonyl (C=O) groups excluding carboxylic acids is 1. The van der Waals surface area contributed by atoms with Crippen molar-refractivity contribution in [2.75, 3.05) is 13.2 Å². The van der Waals surface area contributed by atoms with E-state index in [0.717, 1.165) is 0 Å². The molecule has 0 aliphatic rings. The number of carboxylic acids is 1. The quantitative estimate of drug-likeness (QED) is 0.440. The standard InChI is InChI=1S/C10H17N5O4/c16-7-2-8(9(17)18)13-10(19)11-3-1-5-15-6-4-12-14-15/h4,6,8,16H,1-3,5,7H2,(H,17,18)(H2,11,13,19)/t8-/m1/s1. The van der Waals surface area contributed by atoms with Crippen molar-refractivity contribution in [3.8, 4) is 0 Å². The number of aliphatic hydroxyl groups is 1. The summed E-state index contributed by atoms with van der Waals surface area (Å²) >= 11 is 0. The predicted octanol–water partition coefficient (Wildman–Crippen LogP) is -1.20. The first-order valence-electron chi connectivity index (χ1n) is 5.85. The highest BCUT2D eigenvalue weighted by Crippen LogP contribution is 1.91. The normalized spacial score (nSPS) is 11.8. The van der Waals surface area contributed by atoms with E-state index in [1.165, 1.54) is 0 Å². The Labute approximate surface area is 109 Å².